The van der Waals surface area contributed by atoms with Gasteiger partial charge in [0.2, 0.25) is 0 Å². The van der Waals surface area contributed by atoms with Crippen molar-refractivity contribution in [3.8, 4) is 0 Å². The second-order valence-electron chi connectivity index (χ2n) is 6.00. The Hall–Kier alpha value is -1.10. The minimum Gasteiger partial charge on any atom is -0.481 e. The summed E-state index contributed by atoms with van der Waals surface area (Å²) in [7, 11) is 0. The molecule has 1 unspecified atom stereocenters. The van der Waals surface area contributed by atoms with Crippen LogP contribution in [0.5, 0.6) is 0 Å². The summed E-state index contributed by atoms with van der Waals surface area (Å²) in [6, 6.07) is 0. The molecule has 0 saturated heterocycles. The second-order valence-corrected chi connectivity index (χ2v) is 6.00. The van der Waals surface area contributed by atoms with Gasteiger partial charge in [-0.05, 0) is 38.4 Å². The van der Waals surface area contributed by atoms with Crippen LogP contribution in [-0.4, -0.2) is 46.7 Å². The molecule has 0 aliphatic rings. The van der Waals surface area contributed by atoms with E-state index in [1.807, 2.05) is 0 Å². The zero-order valence-corrected chi connectivity index (χ0v) is 15.5. The van der Waals surface area contributed by atoms with Crippen LogP contribution < -0.4 is 0 Å². The van der Waals surface area contributed by atoms with Crippen LogP contribution in [0.2, 0.25) is 0 Å². The van der Waals surface area contributed by atoms with Crippen LogP contribution in [0.3, 0.4) is 0 Å². The van der Waals surface area contributed by atoms with E-state index in [2.05, 4.69) is 32.6 Å². The highest BCUT2D eigenvalue weighted by Crippen LogP contribution is 2.16. The Morgan fingerprint density at radius 1 is 0.783 bits per heavy atom. The van der Waals surface area contributed by atoms with Crippen LogP contribution in [0.25, 0.3) is 0 Å². The summed E-state index contributed by atoms with van der Waals surface area (Å²) in [5.41, 5.74) is 0. The van der Waals surface area contributed by atoms with Crippen molar-refractivity contribution in [2.75, 3.05) is 19.6 Å². The standard InChI is InChI=1S/C12H22O4.C6H15N/c1-10(7-5-9-12(15)16)6-3-2-4-8-11(13)14;1-4-7(5-2)6-3/h10H,2-9H2,1H3,(H,13,14)(H,15,16);4-6H2,1-3H3. The highest BCUT2D eigenvalue weighted by Gasteiger charge is 2.04. The van der Waals surface area contributed by atoms with E-state index in [1.165, 1.54) is 19.6 Å². The number of hydrogen-bond donors (Lipinski definition) is 2. The summed E-state index contributed by atoms with van der Waals surface area (Å²) >= 11 is 0. The molecule has 0 aromatic carbocycles. The first-order valence-corrected chi connectivity index (χ1v) is 9.03. The van der Waals surface area contributed by atoms with Gasteiger partial charge in [0, 0.05) is 12.8 Å². The van der Waals surface area contributed by atoms with E-state index in [4.69, 9.17) is 10.2 Å². The van der Waals surface area contributed by atoms with Crippen LogP contribution in [0.4, 0.5) is 0 Å². The second kappa shape index (κ2) is 17.3. The minimum atomic E-state index is -0.728. The topological polar surface area (TPSA) is 77.8 Å². The van der Waals surface area contributed by atoms with Crippen molar-refractivity contribution < 1.29 is 19.8 Å². The number of rotatable bonds is 13. The smallest absolute Gasteiger partial charge is 0.303 e. The van der Waals surface area contributed by atoms with Crippen LogP contribution in [0.1, 0.15) is 79.1 Å². The molecule has 2 N–H and O–H groups in total. The van der Waals surface area contributed by atoms with Gasteiger partial charge < -0.3 is 15.1 Å². The maximum absolute atomic E-state index is 10.3. The normalized spacial score (nSPS) is 11.7. The number of unbranched alkanes of at least 4 members (excludes halogenated alkanes) is 2. The molecule has 0 aliphatic heterocycles. The van der Waals surface area contributed by atoms with E-state index in [0.717, 1.165) is 38.5 Å². The molecular formula is C18H37NO4. The average molecular weight is 331 g/mol. The third-order valence-electron chi connectivity index (χ3n) is 4.02. The largest absolute Gasteiger partial charge is 0.481 e. The molecule has 0 bridgehead atoms. The van der Waals surface area contributed by atoms with Gasteiger partial charge in [-0.3, -0.25) is 9.59 Å². The SMILES string of the molecule is CC(CCCCCC(=O)O)CCCC(=O)O.CCN(CC)CC. The molecule has 5 heteroatoms. The number of carboxylic acid groups (broad SMARTS) is 2. The molecule has 0 radical (unpaired) electrons. The lowest BCUT2D eigenvalue weighted by molar-refractivity contribution is -0.138. The van der Waals surface area contributed by atoms with Crippen molar-refractivity contribution in [1.29, 1.82) is 0 Å². The fourth-order valence-electron chi connectivity index (χ4n) is 2.36. The zero-order valence-electron chi connectivity index (χ0n) is 15.5. The molecule has 0 amide bonds. The van der Waals surface area contributed by atoms with Crippen molar-refractivity contribution in [3.63, 3.8) is 0 Å². The van der Waals surface area contributed by atoms with Gasteiger partial charge in [0.05, 0.1) is 0 Å². The van der Waals surface area contributed by atoms with Gasteiger partial charge in [0.25, 0.3) is 0 Å². The predicted molar refractivity (Wildman–Crippen MR) is 94.8 cm³/mol. The monoisotopic (exact) mass is 331 g/mol. The van der Waals surface area contributed by atoms with E-state index in [1.54, 1.807) is 0 Å². The molecule has 0 aliphatic carbocycles. The maximum atomic E-state index is 10.3. The van der Waals surface area contributed by atoms with Crippen molar-refractivity contribution >= 4 is 11.9 Å². The number of carbonyl (C=O) groups is 2. The van der Waals surface area contributed by atoms with E-state index in [0.29, 0.717) is 5.92 Å². The number of nitrogens with zero attached hydrogens (tertiary/aromatic N) is 1. The fraction of sp³-hybridized carbons (Fsp3) is 0.889. The molecule has 0 fully saturated rings. The summed E-state index contributed by atoms with van der Waals surface area (Å²) in [4.78, 5) is 22.9. The lowest BCUT2D eigenvalue weighted by Gasteiger charge is -2.13. The third kappa shape index (κ3) is 20.9. The summed E-state index contributed by atoms with van der Waals surface area (Å²) < 4.78 is 0. The molecule has 1 atom stereocenters. The molecule has 0 heterocycles. The maximum Gasteiger partial charge on any atom is 0.303 e. The molecule has 5 nitrogen and oxygen atoms in total. The lowest BCUT2D eigenvalue weighted by Crippen LogP contribution is -2.21. The van der Waals surface area contributed by atoms with Gasteiger partial charge in [0.1, 0.15) is 0 Å². The molecular weight excluding hydrogens is 294 g/mol. The van der Waals surface area contributed by atoms with Gasteiger partial charge in [-0.15, -0.1) is 0 Å². The molecule has 0 spiro atoms. The molecule has 0 aromatic heterocycles. The molecule has 23 heavy (non-hydrogen) atoms. The quantitative estimate of drug-likeness (QED) is 0.493. The van der Waals surface area contributed by atoms with Crippen LogP contribution in [0, 0.1) is 5.92 Å². The number of carboxylic acids is 2. The van der Waals surface area contributed by atoms with Gasteiger partial charge in [0.15, 0.2) is 0 Å². The zero-order chi connectivity index (χ0) is 18.1. The fourth-order valence-corrected chi connectivity index (χ4v) is 2.36. The van der Waals surface area contributed by atoms with E-state index >= 15 is 0 Å². The lowest BCUT2D eigenvalue weighted by atomic mass is 9.97. The Labute approximate surface area is 142 Å². The van der Waals surface area contributed by atoms with Gasteiger partial charge >= 0.3 is 11.9 Å². The summed E-state index contributed by atoms with van der Waals surface area (Å²) in [5.74, 6) is -0.910. The Balaban J connectivity index is 0. The molecule has 0 saturated carbocycles. The Kier molecular flexibility index (Phi) is 18.1. The first-order chi connectivity index (χ1) is 10.9. The van der Waals surface area contributed by atoms with E-state index < -0.39 is 11.9 Å². The van der Waals surface area contributed by atoms with Gasteiger partial charge in [-0.1, -0.05) is 53.4 Å². The van der Waals surface area contributed by atoms with E-state index in [9.17, 15) is 9.59 Å². The van der Waals surface area contributed by atoms with E-state index in [-0.39, 0.29) is 12.8 Å². The third-order valence-corrected chi connectivity index (χ3v) is 4.02. The van der Waals surface area contributed by atoms with Crippen LogP contribution in [-0.2, 0) is 9.59 Å². The van der Waals surface area contributed by atoms with Gasteiger partial charge in [-0.25, -0.2) is 0 Å². The first-order valence-electron chi connectivity index (χ1n) is 9.03. The first kappa shape index (κ1) is 24.2. The van der Waals surface area contributed by atoms with Crippen molar-refractivity contribution in [1.82, 2.24) is 4.90 Å². The molecule has 0 rings (SSSR count). The summed E-state index contributed by atoms with van der Waals surface area (Å²) in [6.07, 6.45) is 6.01. The minimum absolute atomic E-state index is 0.253. The van der Waals surface area contributed by atoms with Crippen molar-refractivity contribution in [3.05, 3.63) is 0 Å². The number of hydrogen-bond acceptors (Lipinski definition) is 3. The van der Waals surface area contributed by atoms with Gasteiger partial charge in [-0.2, -0.15) is 0 Å². The highest BCUT2D eigenvalue weighted by atomic mass is 16.4. The molecule has 0 aromatic rings. The molecule has 138 valence electrons. The van der Waals surface area contributed by atoms with Crippen LogP contribution in [0.15, 0.2) is 0 Å². The average Bonchev–Trinajstić information content (AvgIpc) is 2.48. The predicted octanol–water partition coefficient (Wildman–Crippen LogP) is 4.26. The Bertz CT molecular complexity index is 285. The highest BCUT2D eigenvalue weighted by molar-refractivity contribution is 5.66. The Morgan fingerprint density at radius 3 is 1.61 bits per heavy atom. The van der Waals surface area contributed by atoms with Crippen molar-refractivity contribution in [2.45, 2.75) is 79.1 Å². The Morgan fingerprint density at radius 2 is 1.22 bits per heavy atom. The van der Waals surface area contributed by atoms with Crippen LogP contribution >= 0.6 is 0 Å². The number of aliphatic carboxylic acids is 2. The van der Waals surface area contributed by atoms with Crippen molar-refractivity contribution in [2.24, 2.45) is 5.92 Å². The summed E-state index contributed by atoms with van der Waals surface area (Å²) in [5, 5.41) is 16.9. The summed E-state index contributed by atoms with van der Waals surface area (Å²) in [6.45, 7) is 12.2.